The van der Waals surface area contributed by atoms with Crippen molar-refractivity contribution in [2.75, 3.05) is 4.90 Å². The Labute approximate surface area is 213 Å². The van der Waals surface area contributed by atoms with E-state index >= 15 is 0 Å². The number of nitrogens with zero attached hydrogens (tertiary/aromatic N) is 4. The fourth-order valence-electron chi connectivity index (χ4n) is 5.03. The van der Waals surface area contributed by atoms with E-state index in [4.69, 9.17) is 4.98 Å². The molecule has 3 heterocycles. The minimum absolute atomic E-state index is 0.137. The zero-order valence-corrected chi connectivity index (χ0v) is 22.7. The van der Waals surface area contributed by atoms with E-state index in [2.05, 4.69) is 48.5 Å². The average Bonchev–Trinajstić information content (AvgIpc) is 3.28. The molecule has 0 saturated heterocycles. The van der Waals surface area contributed by atoms with Gasteiger partial charge in [0.15, 0.2) is 0 Å². The molecule has 0 radical (unpaired) electrons. The Morgan fingerprint density at radius 1 is 1.06 bits per heavy atom. The van der Waals surface area contributed by atoms with Crippen molar-refractivity contribution < 1.29 is 8.42 Å². The largest absolute Gasteiger partial charge is 0.333 e. The van der Waals surface area contributed by atoms with Crippen LogP contribution in [0, 0.1) is 6.92 Å². The number of halogens is 1. The van der Waals surface area contributed by atoms with Gasteiger partial charge in [-0.3, -0.25) is 9.36 Å². The van der Waals surface area contributed by atoms with Gasteiger partial charge >= 0.3 is 0 Å². The summed E-state index contributed by atoms with van der Waals surface area (Å²) >= 11 is 3.51. The van der Waals surface area contributed by atoms with Crippen molar-refractivity contribution >= 4 is 42.8 Å². The predicted octanol–water partition coefficient (Wildman–Crippen LogP) is 5.18. The molecule has 0 N–H and O–H groups in total. The highest BCUT2D eigenvalue weighted by molar-refractivity contribution is 9.10. The Kier molecular flexibility index (Phi) is 5.49. The van der Waals surface area contributed by atoms with E-state index in [0.29, 0.717) is 34.7 Å². The lowest BCUT2D eigenvalue weighted by Crippen LogP contribution is -2.45. The van der Waals surface area contributed by atoms with Crippen LogP contribution in [0.25, 0.3) is 22.2 Å². The van der Waals surface area contributed by atoms with Gasteiger partial charge in [0.2, 0.25) is 5.95 Å². The van der Waals surface area contributed by atoms with Crippen molar-refractivity contribution in [2.45, 2.75) is 57.6 Å². The number of aromatic nitrogens is 3. The van der Waals surface area contributed by atoms with Gasteiger partial charge in [0.05, 0.1) is 28.2 Å². The van der Waals surface area contributed by atoms with Gasteiger partial charge in [-0.2, -0.15) is 0 Å². The highest BCUT2D eigenvalue weighted by Gasteiger charge is 2.39. The van der Waals surface area contributed by atoms with Crippen molar-refractivity contribution in [3.8, 4) is 11.3 Å². The standard InChI is InChI=1S/C26H27BrN4O3S/c1-16(2)31-25-28-22(13-24(32)29(25)15-26(31,4)5)21-14-30(23-11-8-18(27)12-20(21)23)35(33,34)19-9-6-17(3)7-10-19/h6-14,16H,15H2,1-5H3. The molecule has 0 atom stereocenters. The Balaban J connectivity index is 1.76. The highest BCUT2D eigenvalue weighted by Crippen LogP contribution is 2.37. The third-order valence-corrected chi connectivity index (χ3v) is 8.68. The monoisotopic (exact) mass is 554 g/mol. The Morgan fingerprint density at radius 3 is 2.40 bits per heavy atom. The number of hydrogen-bond donors (Lipinski definition) is 0. The molecule has 0 aliphatic carbocycles. The van der Waals surface area contributed by atoms with Crippen LogP contribution in [0.2, 0.25) is 0 Å². The molecule has 4 aromatic rings. The molecule has 35 heavy (non-hydrogen) atoms. The molecule has 1 aliphatic rings. The molecular formula is C26H27BrN4O3S. The number of benzene rings is 2. The summed E-state index contributed by atoms with van der Waals surface area (Å²) in [5.74, 6) is 0.602. The van der Waals surface area contributed by atoms with Crippen LogP contribution in [0.1, 0.15) is 33.3 Å². The highest BCUT2D eigenvalue weighted by atomic mass is 79.9. The first-order chi connectivity index (χ1) is 16.4. The molecule has 0 saturated carbocycles. The molecule has 7 nitrogen and oxygen atoms in total. The summed E-state index contributed by atoms with van der Waals surface area (Å²) in [7, 11) is -3.87. The Hall–Kier alpha value is -2.91. The van der Waals surface area contributed by atoms with Crippen LogP contribution in [-0.2, 0) is 16.6 Å². The summed E-state index contributed by atoms with van der Waals surface area (Å²) < 4.78 is 31.0. The second-order valence-corrected chi connectivity index (χ2v) is 12.7. The van der Waals surface area contributed by atoms with Gasteiger partial charge in [0.1, 0.15) is 0 Å². The molecular weight excluding hydrogens is 528 g/mol. The van der Waals surface area contributed by atoms with Crippen molar-refractivity contribution in [3.05, 3.63) is 75.1 Å². The van der Waals surface area contributed by atoms with E-state index < -0.39 is 10.0 Å². The van der Waals surface area contributed by atoms with Crippen molar-refractivity contribution in [1.82, 2.24) is 13.5 Å². The second-order valence-electron chi connectivity index (χ2n) is 9.96. The quantitative estimate of drug-likeness (QED) is 0.347. The van der Waals surface area contributed by atoms with Crippen LogP contribution in [0.5, 0.6) is 0 Å². The van der Waals surface area contributed by atoms with Gasteiger partial charge in [-0.15, -0.1) is 0 Å². The first-order valence-electron chi connectivity index (χ1n) is 11.4. The number of rotatable bonds is 4. The van der Waals surface area contributed by atoms with E-state index in [0.717, 1.165) is 10.0 Å². The molecule has 9 heteroatoms. The lowest BCUT2D eigenvalue weighted by molar-refractivity contribution is 0.425. The molecule has 2 aromatic heterocycles. The van der Waals surface area contributed by atoms with Gasteiger partial charge in [-0.1, -0.05) is 33.6 Å². The SMILES string of the molecule is Cc1ccc(S(=O)(=O)n2cc(-c3cc(=O)n4c(n3)N(C(C)C)C(C)(C)C4)c3cc(Br)ccc32)cc1. The van der Waals surface area contributed by atoms with Crippen molar-refractivity contribution in [3.63, 3.8) is 0 Å². The first kappa shape index (κ1) is 23.8. The van der Waals surface area contributed by atoms with E-state index in [9.17, 15) is 13.2 Å². The number of aryl methyl sites for hydroxylation is 1. The van der Waals surface area contributed by atoms with Crippen molar-refractivity contribution in [1.29, 1.82) is 0 Å². The number of hydrogen-bond acceptors (Lipinski definition) is 5. The Bertz CT molecular complexity index is 1630. The third kappa shape index (κ3) is 3.81. The maximum absolute atomic E-state index is 13.6. The van der Waals surface area contributed by atoms with Crippen molar-refractivity contribution in [2.24, 2.45) is 0 Å². The third-order valence-electron chi connectivity index (χ3n) is 6.50. The molecule has 2 aromatic carbocycles. The van der Waals surface area contributed by atoms with E-state index in [1.54, 1.807) is 47.2 Å². The predicted molar refractivity (Wildman–Crippen MR) is 143 cm³/mol. The lowest BCUT2D eigenvalue weighted by atomic mass is 10.0. The summed E-state index contributed by atoms with van der Waals surface area (Å²) in [5, 5.41) is 0.695. The zero-order valence-electron chi connectivity index (χ0n) is 20.3. The van der Waals surface area contributed by atoms with Gasteiger partial charge in [0.25, 0.3) is 15.6 Å². The second kappa shape index (κ2) is 8.06. The summed E-state index contributed by atoms with van der Waals surface area (Å²) in [6.07, 6.45) is 1.57. The molecule has 0 bridgehead atoms. The molecule has 0 amide bonds. The number of fused-ring (bicyclic) bond motifs is 2. The minimum Gasteiger partial charge on any atom is -0.333 e. The smallest absolute Gasteiger partial charge is 0.268 e. The summed E-state index contributed by atoms with van der Waals surface area (Å²) in [6.45, 7) is 10.8. The summed E-state index contributed by atoms with van der Waals surface area (Å²) in [6, 6.07) is 13.8. The average molecular weight is 555 g/mol. The molecule has 0 spiro atoms. The van der Waals surface area contributed by atoms with E-state index in [-0.39, 0.29) is 22.0 Å². The maximum Gasteiger partial charge on any atom is 0.268 e. The van der Waals surface area contributed by atoms with E-state index in [1.807, 2.05) is 13.0 Å². The lowest BCUT2D eigenvalue weighted by Gasteiger charge is -2.35. The summed E-state index contributed by atoms with van der Waals surface area (Å²) in [5.41, 5.74) is 2.12. The molecule has 182 valence electrons. The number of anilines is 1. The normalized spacial score (nSPS) is 15.2. The maximum atomic E-state index is 13.6. The molecule has 0 unspecified atom stereocenters. The first-order valence-corrected chi connectivity index (χ1v) is 13.7. The van der Waals surface area contributed by atoms with Crippen LogP contribution >= 0.6 is 15.9 Å². The van der Waals surface area contributed by atoms with Crippen LogP contribution in [0.15, 0.2) is 68.9 Å². The Morgan fingerprint density at radius 2 is 1.74 bits per heavy atom. The van der Waals surface area contributed by atoms with Gasteiger partial charge in [0, 0.05) is 33.7 Å². The molecule has 5 rings (SSSR count). The fraction of sp³-hybridized carbons (Fsp3) is 0.308. The summed E-state index contributed by atoms with van der Waals surface area (Å²) in [4.78, 5) is 20.4. The minimum atomic E-state index is -3.87. The van der Waals surface area contributed by atoms with Crippen LogP contribution in [-0.4, -0.2) is 33.5 Å². The van der Waals surface area contributed by atoms with Crippen LogP contribution < -0.4 is 10.5 Å². The van der Waals surface area contributed by atoms with E-state index in [1.165, 1.54) is 10.0 Å². The fourth-order valence-corrected chi connectivity index (χ4v) is 6.76. The molecule has 1 aliphatic heterocycles. The zero-order chi connectivity index (χ0) is 25.3. The van der Waals surface area contributed by atoms with Gasteiger partial charge < -0.3 is 4.90 Å². The van der Waals surface area contributed by atoms with Gasteiger partial charge in [-0.05, 0) is 65.0 Å². The molecule has 0 fully saturated rings. The van der Waals surface area contributed by atoms with Crippen LogP contribution in [0.3, 0.4) is 0 Å². The topological polar surface area (TPSA) is 77.2 Å². The van der Waals surface area contributed by atoms with Crippen LogP contribution in [0.4, 0.5) is 5.95 Å². The van der Waals surface area contributed by atoms with Gasteiger partial charge in [-0.25, -0.2) is 17.4 Å².